The number of carbonyl (C=O) groups is 2. The third kappa shape index (κ3) is 3.65. The van der Waals surface area contributed by atoms with E-state index >= 15 is 0 Å². The van der Waals surface area contributed by atoms with E-state index in [0.29, 0.717) is 0 Å². The van der Waals surface area contributed by atoms with Crippen LogP contribution in [0, 0.1) is 17.5 Å². The number of rotatable bonds is 5. The van der Waals surface area contributed by atoms with Gasteiger partial charge in [-0.1, -0.05) is 23.7 Å². The molecule has 0 aliphatic carbocycles. The Morgan fingerprint density at radius 2 is 1.69 bits per heavy atom. The van der Waals surface area contributed by atoms with Crippen LogP contribution in [0.25, 0.3) is 16.6 Å². The highest BCUT2D eigenvalue weighted by Crippen LogP contribution is 2.34. The number of pyridine rings is 1. The van der Waals surface area contributed by atoms with Gasteiger partial charge < -0.3 is 9.14 Å². The van der Waals surface area contributed by atoms with E-state index in [4.69, 9.17) is 16.3 Å². The average molecular weight is 458 g/mol. The summed E-state index contributed by atoms with van der Waals surface area (Å²) in [4.78, 5) is 25.0. The molecule has 0 radical (unpaired) electrons. The number of carbonyl (C=O) groups excluding carboxylic acids is 2. The van der Waals surface area contributed by atoms with E-state index in [-0.39, 0.29) is 45.1 Å². The van der Waals surface area contributed by atoms with Crippen LogP contribution in [0.1, 0.15) is 33.3 Å². The minimum absolute atomic E-state index is 0.00785. The molecule has 0 atom stereocenters. The smallest absolute Gasteiger partial charge is 0.338 e. The molecule has 0 fully saturated rings. The van der Waals surface area contributed by atoms with E-state index < -0.39 is 29.2 Å². The van der Waals surface area contributed by atoms with Crippen LogP contribution >= 0.6 is 11.6 Å². The molecule has 0 spiro atoms. The van der Waals surface area contributed by atoms with Gasteiger partial charge in [0.15, 0.2) is 0 Å². The number of aromatic nitrogens is 1. The van der Waals surface area contributed by atoms with Gasteiger partial charge in [0.05, 0.1) is 34.0 Å². The fraction of sp³-hybridized carbons (Fsp3) is 0.0833. The normalized spacial score (nSPS) is 11.0. The molecule has 4 aromatic rings. The molecule has 0 unspecified atom stereocenters. The van der Waals surface area contributed by atoms with E-state index in [1.165, 1.54) is 47.0 Å². The van der Waals surface area contributed by atoms with Crippen molar-refractivity contribution >= 4 is 28.9 Å². The van der Waals surface area contributed by atoms with Gasteiger partial charge in [0.1, 0.15) is 17.5 Å². The van der Waals surface area contributed by atoms with Crippen LogP contribution in [0.5, 0.6) is 0 Å². The van der Waals surface area contributed by atoms with Crippen molar-refractivity contribution in [1.29, 1.82) is 0 Å². The van der Waals surface area contributed by atoms with Crippen molar-refractivity contribution in [3.05, 3.63) is 100 Å². The molecule has 0 N–H and O–H groups in total. The quantitative estimate of drug-likeness (QED) is 0.269. The number of fused-ring (bicyclic) bond motifs is 1. The average Bonchev–Trinajstić information content (AvgIpc) is 3.14. The molecule has 0 aliphatic heterocycles. The summed E-state index contributed by atoms with van der Waals surface area (Å²) >= 11 is 6.03. The zero-order chi connectivity index (χ0) is 23.0. The Bertz CT molecular complexity index is 1360. The maximum Gasteiger partial charge on any atom is 0.338 e. The number of benzene rings is 2. The molecular formula is C24H15ClF3NO3. The Morgan fingerprint density at radius 3 is 2.38 bits per heavy atom. The SMILES string of the molecule is CCOC(=O)c1ccc(-c2cc(C(=O)c3c(F)cccc3Cl)n3cccc(F)c23)c(F)c1. The van der Waals surface area contributed by atoms with Crippen molar-refractivity contribution in [2.24, 2.45) is 0 Å². The Balaban J connectivity index is 1.92. The number of hydrogen-bond acceptors (Lipinski definition) is 3. The van der Waals surface area contributed by atoms with Crippen LogP contribution in [0.2, 0.25) is 5.02 Å². The number of halogens is 4. The van der Waals surface area contributed by atoms with Crippen molar-refractivity contribution in [3.8, 4) is 11.1 Å². The van der Waals surface area contributed by atoms with Crippen LogP contribution in [0.15, 0.2) is 60.8 Å². The molecule has 4 rings (SSSR count). The summed E-state index contributed by atoms with van der Waals surface area (Å²) in [7, 11) is 0. The minimum atomic E-state index is -0.833. The lowest BCUT2D eigenvalue weighted by atomic mass is 10.0. The fourth-order valence-corrected chi connectivity index (χ4v) is 3.76. The number of esters is 1. The van der Waals surface area contributed by atoms with Crippen LogP contribution in [-0.4, -0.2) is 22.8 Å². The second-order valence-corrected chi connectivity index (χ2v) is 7.27. The molecule has 0 amide bonds. The fourth-order valence-electron chi connectivity index (χ4n) is 3.51. The summed E-state index contributed by atoms with van der Waals surface area (Å²) < 4.78 is 50.2. The summed E-state index contributed by atoms with van der Waals surface area (Å²) in [5.74, 6) is -3.84. The molecule has 0 bridgehead atoms. The first-order chi connectivity index (χ1) is 15.3. The van der Waals surface area contributed by atoms with E-state index in [1.807, 2.05) is 0 Å². The third-order valence-electron chi connectivity index (χ3n) is 4.93. The summed E-state index contributed by atoms with van der Waals surface area (Å²) in [6.45, 7) is 1.75. The van der Waals surface area contributed by atoms with Gasteiger partial charge in [-0.05, 0) is 49.4 Å². The molecule has 2 heterocycles. The van der Waals surface area contributed by atoms with Gasteiger partial charge in [0.2, 0.25) is 5.78 Å². The lowest BCUT2D eigenvalue weighted by Crippen LogP contribution is -2.08. The van der Waals surface area contributed by atoms with E-state index in [0.717, 1.165) is 18.2 Å². The van der Waals surface area contributed by atoms with Crippen molar-refractivity contribution in [1.82, 2.24) is 4.40 Å². The number of nitrogens with zero attached hydrogens (tertiary/aromatic N) is 1. The summed E-state index contributed by atoms with van der Waals surface area (Å²) in [6.07, 6.45) is 1.41. The van der Waals surface area contributed by atoms with E-state index in [2.05, 4.69) is 0 Å². The van der Waals surface area contributed by atoms with Crippen LogP contribution < -0.4 is 0 Å². The summed E-state index contributed by atoms with van der Waals surface area (Å²) in [6, 6.07) is 11.2. The van der Waals surface area contributed by atoms with Crippen molar-refractivity contribution in [2.75, 3.05) is 6.61 Å². The van der Waals surface area contributed by atoms with Crippen LogP contribution in [0.4, 0.5) is 13.2 Å². The van der Waals surface area contributed by atoms with Crippen LogP contribution in [-0.2, 0) is 4.74 Å². The third-order valence-corrected chi connectivity index (χ3v) is 5.25. The van der Waals surface area contributed by atoms with E-state index in [1.54, 1.807) is 6.92 Å². The largest absolute Gasteiger partial charge is 0.462 e. The van der Waals surface area contributed by atoms with Gasteiger partial charge in [-0.25, -0.2) is 18.0 Å². The highest BCUT2D eigenvalue weighted by atomic mass is 35.5. The van der Waals surface area contributed by atoms with Crippen molar-refractivity contribution < 1.29 is 27.5 Å². The predicted molar refractivity (Wildman–Crippen MR) is 114 cm³/mol. The van der Waals surface area contributed by atoms with Crippen molar-refractivity contribution in [3.63, 3.8) is 0 Å². The minimum Gasteiger partial charge on any atom is -0.462 e. The zero-order valence-corrected chi connectivity index (χ0v) is 17.4. The molecule has 0 saturated heterocycles. The standard InChI is InChI=1S/C24H15ClF3NO3/c1-2-32-24(31)13-8-9-14(19(28)11-13)15-12-20(29-10-4-7-18(27)22(15)29)23(30)21-16(25)5-3-6-17(21)26/h3-12H,2H2,1H3. The number of ether oxygens (including phenoxy) is 1. The lowest BCUT2D eigenvalue weighted by molar-refractivity contribution is 0.0525. The molecule has 0 saturated carbocycles. The first-order valence-electron chi connectivity index (χ1n) is 9.58. The number of ketones is 1. The van der Waals surface area contributed by atoms with Crippen LogP contribution in [0.3, 0.4) is 0 Å². The molecule has 2 aromatic heterocycles. The maximum atomic E-state index is 15.0. The molecule has 0 aliphatic rings. The Morgan fingerprint density at radius 1 is 0.938 bits per heavy atom. The molecule has 8 heteroatoms. The molecule has 162 valence electrons. The van der Waals surface area contributed by atoms with Gasteiger partial charge >= 0.3 is 5.97 Å². The maximum absolute atomic E-state index is 15.0. The zero-order valence-electron chi connectivity index (χ0n) is 16.7. The topological polar surface area (TPSA) is 47.8 Å². The highest BCUT2D eigenvalue weighted by molar-refractivity contribution is 6.35. The van der Waals surface area contributed by atoms with Gasteiger partial charge in [-0.2, -0.15) is 0 Å². The summed E-state index contributed by atoms with van der Waals surface area (Å²) in [5.41, 5.74) is -0.540. The first kappa shape index (κ1) is 21.6. The molecule has 2 aromatic carbocycles. The molecule has 32 heavy (non-hydrogen) atoms. The molecule has 4 nitrogen and oxygen atoms in total. The first-order valence-corrected chi connectivity index (χ1v) is 9.96. The lowest BCUT2D eigenvalue weighted by Gasteiger charge is -2.07. The Labute approximate surface area is 185 Å². The second kappa shape index (κ2) is 8.51. The highest BCUT2D eigenvalue weighted by Gasteiger charge is 2.25. The predicted octanol–water partition coefficient (Wildman–Crippen LogP) is 6.08. The second-order valence-electron chi connectivity index (χ2n) is 6.86. The van der Waals surface area contributed by atoms with E-state index in [9.17, 15) is 22.8 Å². The van der Waals surface area contributed by atoms with Gasteiger partial charge in [-0.15, -0.1) is 0 Å². The monoisotopic (exact) mass is 457 g/mol. The Kier molecular flexibility index (Phi) is 5.76. The Hall–Kier alpha value is -3.58. The van der Waals surface area contributed by atoms with Gasteiger partial charge in [0, 0.05) is 17.3 Å². The number of hydrogen-bond donors (Lipinski definition) is 0. The summed E-state index contributed by atoms with van der Waals surface area (Å²) in [5, 5.41) is -0.104. The van der Waals surface area contributed by atoms with Gasteiger partial charge in [0.25, 0.3) is 0 Å². The van der Waals surface area contributed by atoms with Gasteiger partial charge in [-0.3, -0.25) is 4.79 Å². The molecular weight excluding hydrogens is 443 g/mol. The van der Waals surface area contributed by atoms with Crippen molar-refractivity contribution in [2.45, 2.75) is 6.92 Å².